The van der Waals surface area contributed by atoms with Crippen LogP contribution in [-0.4, -0.2) is 32.3 Å². The summed E-state index contributed by atoms with van der Waals surface area (Å²) in [5.41, 5.74) is 1.25. The number of H-pyrrole nitrogens is 1. The number of aromatic amines is 1. The summed E-state index contributed by atoms with van der Waals surface area (Å²) in [6.45, 7) is 8.87. The van der Waals surface area contributed by atoms with E-state index in [0.717, 1.165) is 30.2 Å². The summed E-state index contributed by atoms with van der Waals surface area (Å²) in [6, 6.07) is 7.22. The number of carbonyl (C=O) groups is 2. The van der Waals surface area contributed by atoms with Crippen LogP contribution in [0.3, 0.4) is 0 Å². The number of aromatic nitrogens is 3. The van der Waals surface area contributed by atoms with Gasteiger partial charge in [0.1, 0.15) is 0 Å². The highest BCUT2D eigenvalue weighted by Crippen LogP contribution is 2.22. The third-order valence-electron chi connectivity index (χ3n) is 4.06. The van der Waals surface area contributed by atoms with Crippen molar-refractivity contribution < 1.29 is 9.59 Å². The number of benzene rings is 1. The van der Waals surface area contributed by atoms with E-state index < -0.39 is 11.8 Å². The molecule has 0 aliphatic carbocycles. The van der Waals surface area contributed by atoms with Crippen molar-refractivity contribution >= 4 is 23.6 Å². The first-order chi connectivity index (χ1) is 12.7. The molecule has 0 saturated heterocycles. The number of carbonyl (C=O) groups excluding carboxylic acids is 2. The monoisotopic (exact) mass is 390 g/mol. The van der Waals surface area contributed by atoms with E-state index in [1.54, 1.807) is 12.1 Å². The minimum absolute atomic E-state index is 0.00140. The van der Waals surface area contributed by atoms with Crippen LogP contribution in [0.15, 0.2) is 34.2 Å². The van der Waals surface area contributed by atoms with Crippen LogP contribution >= 0.6 is 11.8 Å². The number of nitrogens with zero attached hydrogens (tertiary/aromatic N) is 2. The quantitative estimate of drug-likeness (QED) is 0.709. The first-order valence-corrected chi connectivity index (χ1v) is 9.93. The minimum atomic E-state index is -0.438. The van der Waals surface area contributed by atoms with Crippen molar-refractivity contribution in [3.8, 4) is 0 Å². The first-order valence-electron chi connectivity index (χ1n) is 8.95. The SMILES string of the molecule is CCCCn1c(SCC(=O)NC(=O)c2ccc(C(C)(C)C)cc2)n[nH]c1=O. The Hall–Kier alpha value is -2.35. The zero-order valence-corrected chi connectivity index (χ0v) is 17.0. The van der Waals surface area contributed by atoms with Gasteiger partial charge in [0.05, 0.1) is 5.75 Å². The van der Waals surface area contributed by atoms with Gasteiger partial charge in [0, 0.05) is 12.1 Å². The van der Waals surface area contributed by atoms with Crippen molar-refractivity contribution in [1.29, 1.82) is 0 Å². The minimum Gasteiger partial charge on any atom is -0.292 e. The Labute approximate surface area is 162 Å². The van der Waals surface area contributed by atoms with Gasteiger partial charge < -0.3 is 0 Å². The molecule has 27 heavy (non-hydrogen) atoms. The van der Waals surface area contributed by atoms with Crippen molar-refractivity contribution in [2.24, 2.45) is 0 Å². The molecular weight excluding hydrogens is 364 g/mol. The molecule has 146 valence electrons. The number of unbranched alkanes of at least 4 members (excludes halogenated alkanes) is 1. The molecule has 2 rings (SSSR count). The molecule has 0 spiro atoms. The number of thioether (sulfide) groups is 1. The topological polar surface area (TPSA) is 96.8 Å². The van der Waals surface area contributed by atoms with Gasteiger partial charge in [0.15, 0.2) is 5.16 Å². The summed E-state index contributed by atoms with van der Waals surface area (Å²) in [6.07, 6.45) is 1.80. The molecule has 8 heteroatoms. The molecule has 0 fully saturated rings. The second kappa shape index (κ2) is 9.03. The lowest BCUT2D eigenvalue weighted by atomic mass is 9.87. The summed E-state index contributed by atoms with van der Waals surface area (Å²) >= 11 is 1.13. The van der Waals surface area contributed by atoms with Crippen LogP contribution in [0.1, 0.15) is 56.5 Å². The van der Waals surface area contributed by atoms with E-state index >= 15 is 0 Å². The van der Waals surface area contributed by atoms with E-state index in [2.05, 4.69) is 36.3 Å². The second-order valence-electron chi connectivity index (χ2n) is 7.31. The summed E-state index contributed by atoms with van der Waals surface area (Å²) in [7, 11) is 0. The fourth-order valence-corrected chi connectivity index (χ4v) is 3.19. The molecule has 0 aliphatic rings. The van der Waals surface area contributed by atoms with Crippen molar-refractivity contribution in [1.82, 2.24) is 20.1 Å². The van der Waals surface area contributed by atoms with Gasteiger partial charge in [-0.15, -0.1) is 5.10 Å². The molecule has 0 bridgehead atoms. The Morgan fingerprint density at radius 3 is 2.48 bits per heavy atom. The zero-order valence-electron chi connectivity index (χ0n) is 16.2. The number of imide groups is 1. The highest BCUT2D eigenvalue weighted by molar-refractivity contribution is 7.99. The average Bonchev–Trinajstić information content (AvgIpc) is 2.97. The van der Waals surface area contributed by atoms with Gasteiger partial charge in [-0.05, 0) is 29.5 Å². The second-order valence-corrected chi connectivity index (χ2v) is 8.25. The number of nitrogens with one attached hydrogen (secondary N) is 2. The zero-order chi connectivity index (χ0) is 20.0. The number of amides is 2. The van der Waals surface area contributed by atoms with E-state index in [-0.39, 0.29) is 16.9 Å². The van der Waals surface area contributed by atoms with Gasteiger partial charge >= 0.3 is 5.69 Å². The fourth-order valence-electron chi connectivity index (χ4n) is 2.41. The summed E-state index contributed by atoms with van der Waals surface area (Å²) < 4.78 is 1.51. The maximum atomic E-state index is 12.2. The van der Waals surface area contributed by atoms with Crippen LogP contribution < -0.4 is 11.0 Å². The molecular formula is C19H26N4O3S. The lowest BCUT2D eigenvalue weighted by Crippen LogP contribution is -2.32. The van der Waals surface area contributed by atoms with E-state index in [9.17, 15) is 14.4 Å². The smallest absolute Gasteiger partial charge is 0.292 e. The molecule has 0 radical (unpaired) electrons. The van der Waals surface area contributed by atoms with E-state index in [0.29, 0.717) is 17.3 Å². The predicted molar refractivity (Wildman–Crippen MR) is 106 cm³/mol. The Balaban J connectivity index is 1.92. The standard InChI is InChI=1S/C19H26N4O3S/c1-5-6-11-23-17(26)21-22-18(23)27-12-15(24)20-16(25)13-7-9-14(10-8-13)19(2,3)4/h7-10H,5-6,11-12H2,1-4H3,(H,21,26)(H,20,24,25). The normalized spacial score (nSPS) is 11.4. The van der Waals surface area contributed by atoms with Crippen molar-refractivity contribution in [2.45, 2.75) is 57.7 Å². The van der Waals surface area contributed by atoms with Crippen LogP contribution in [0.25, 0.3) is 0 Å². The van der Waals surface area contributed by atoms with Crippen LogP contribution in [0.5, 0.6) is 0 Å². The largest absolute Gasteiger partial charge is 0.343 e. The molecule has 2 amide bonds. The molecule has 7 nitrogen and oxygen atoms in total. The summed E-state index contributed by atoms with van der Waals surface area (Å²) in [5.74, 6) is -0.865. The van der Waals surface area contributed by atoms with Crippen molar-refractivity contribution in [3.05, 3.63) is 45.9 Å². The Morgan fingerprint density at radius 1 is 1.22 bits per heavy atom. The highest BCUT2D eigenvalue weighted by atomic mass is 32.2. The van der Waals surface area contributed by atoms with E-state index in [4.69, 9.17) is 0 Å². The predicted octanol–water partition coefficient (Wildman–Crippen LogP) is 2.72. The average molecular weight is 391 g/mol. The Bertz CT molecular complexity index is 847. The third-order valence-corrected chi connectivity index (χ3v) is 5.03. The molecule has 1 heterocycles. The summed E-state index contributed by atoms with van der Waals surface area (Å²) in [5, 5.41) is 9.15. The van der Waals surface area contributed by atoms with Gasteiger partial charge in [-0.2, -0.15) is 0 Å². The maximum Gasteiger partial charge on any atom is 0.343 e. The van der Waals surface area contributed by atoms with Crippen LogP contribution in [0, 0.1) is 0 Å². The first kappa shape index (κ1) is 21.0. The van der Waals surface area contributed by atoms with E-state index in [1.165, 1.54) is 4.57 Å². The van der Waals surface area contributed by atoms with Crippen molar-refractivity contribution in [3.63, 3.8) is 0 Å². The molecule has 0 aliphatic heterocycles. The van der Waals surface area contributed by atoms with Gasteiger partial charge in [-0.25, -0.2) is 9.89 Å². The molecule has 2 N–H and O–H groups in total. The van der Waals surface area contributed by atoms with Crippen LogP contribution in [0.4, 0.5) is 0 Å². The maximum absolute atomic E-state index is 12.2. The molecule has 0 atom stereocenters. The fraction of sp³-hybridized carbons (Fsp3) is 0.474. The highest BCUT2D eigenvalue weighted by Gasteiger charge is 2.16. The third kappa shape index (κ3) is 5.82. The van der Waals surface area contributed by atoms with Gasteiger partial charge in [0.25, 0.3) is 5.91 Å². The van der Waals surface area contributed by atoms with Gasteiger partial charge in [-0.3, -0.25) is 19.5 Å². The van der Waals surface area contributed by atoms with Crippen molar-refractivity contribution in [2.75, 3.05) is 5.75 Å². The molecule has 1 aromatic carbocycles. The lowest BCUT2D eigenvalue weighted by molar-refractivity contribution is -0.117. The lowest BCUT2D eigenvalue weighted by Gasteiger charge is -2.18. The Kier molecular flexibility index (Phi) is 7.01. The molecule has 2 aromatic rings. The number of hydrogen-bond acceptors (Lipinski definition) is 5. The van der Waals surface area contributed by atoms with Gasteiger partial charge in [0.2, 0.25) is 5.91 Å². The van der Waals surface area contributed by atoms with Gasteiger partial charge in [-0.1, -0.05) is 58.0 Å². The molecule has 0 saturated carbocycles. The van der Waals surface area contributed by atoms with E-state index in [1.807, 2.05) is 19.1 Å². The molecule has 1 aromatic heterocycles. The number of hydrogen-bond donors (Lipinski definition) is 2. The van der Waals surface area contributed by atoms with Crippen LogP contribution in [0.2, 0.25) is 0 Å². The Morgan fingerprint density at radius 2 is 1.89 bits per heavy atom. The van der Waals surface area contributed by atoms with Crippen LogP contribution in [-0.2, 0) is 16.8 Å². The number of rotatable bonds is 7. The molecule has 0 unspecified atom stereocenters. The summed E-state index contributed by atoms with van der Waals surface area (Å²) in [4.78, 5) is 36.0.